The van der Waals surface area contributed by atoms with Gasteiger partial charge in [0.2, 0.25) is 5.91 Å². The molecule has 21 heavy (non-hydrogen) atoms. The van der Waals surface area contributed by atoms with Crippen molar-refractivity contribution in [1.29, 1.82) is 0 Å². The molecule has 2 rings (SSSR count). The first-order valence-corrected chi connectivity index (χ1v) is 7.78. The Labute approximate surface area is 126 Å². The van der Waals surface area contributed by atoms with Gasteiger partial charge in [-0.2, -0.15) is 0 Å². The Morgan fingerprint density at radius 3 is 2.38 bits per heavy atom. The number of nitrogens with zero attached hydrogens (tertiary/aromatic N) is 2. The molecular formula is C15H26N2O4. The number of carbonyl (C=O) groups is 2. The Hall–Kier alpha value is -1.14. The molecule has 0 aliphatic carbocycles. The summed E-state index contributed by atoms with van der Waals surface area (Å²) in [4.78, 5) is 27.5. The summed E-state index contributed by atoms with van der Waals surface area (Å²) < 4.78 is 5.63. The van der Waals surface area contributed by atoms with E-state index in [1.807, 2.05) is 25.7 Å². The van der Waals surface area contributed by atoms with Crippen LogP contribution in [0.25, 0.3) is 0 Å². The summed E-state index contributed by atoms with van der Waals surface area (Å²) >= 11 is 0. The standard InChI is InChI=1S/C15H26N2O4/c1-10-5-4-6-16(14(10)15(19)20)9-13(18)17-7-11(2)21-12(3)8-17/h10-12,14H,4-9H2,1-3H3,(H,19,20). The van der Waals surface area contributed by atoms with Crippen molar-refractivity contribution in [3.8, 4) is 0 Å². The van der Waals surface area contributed by atoms with E-state index in [4.69, 9.17) is 4.74 Å². The molecule has 0 aromatic heterocycles. The number of likely N-dealkylation sites (tertiary alicyclic amines) is 1. The molecule has 2 heterocycles. The minimum Gasteiger partial charge on any atom is -0.480 e. The van der Waals surface area contributed by atoms with Gasteiger partial charge in [0, 0.05) is 13.1 Å². The van der Waals surface area contributed by atoms with Gasteiger partial charge in [0.15, 0.2) is 0 Å². The van der Waals surface area contributed by atoms with Gasteiger partial charge in [0.05, 0.1) is 18.8 Å². The summed E-state index contributed by atoms with van der Waals surface area (Å²) in [5, 5.41) is 9.40. The van der Waals surface area contributed by atoms with Crippen LogP contribution in [0, 0.1) is 5.92 Å². The molecule has 0 aromatic rings. The quantitative estimate of drug-likeness (QED) is 0.835. The van der Waals surface area contributed by atoms with Crippen LogP contribution in [0.15, 0.2) is 0 Å². The maximum Gasteiger partial charge on any atom is 0.321 e. The van der Waals surface area contributed by atoms with E-state index < -0.39 is 12.0 Å². The summed E-state index contributed by atoms with van der Waals surface area (Å²) in [5.41, 5.74) is 0. The predicted octanol–water partition coefficient (Wildman–Crippen LogP) is 0.807. The molecule has 1 amide bonds. The Balaban J connectivity index is 1.98. The maximum absolute atomic E-state index is 12.5. The van der Waals surface area contributed by atoms with Gasteiger partial charge in [-0.05, 0) is 39.2 Å². The van der Waals surface area contributed by atoms with E-state index in [9.17, 15) is 14.7 Å². The van der Waals surface area contributed by atoms with Crippen LogP contribution in [0.5, 0.6) is 0 Å². The smallest absolute Gasteiger partial charge is 0.321 e. The Morgan fingerprint density at radius 1 is 1.19 bits per heavy atom. The molecule has 0 bridgehead atoms. The number of morpholine rings is 1. The molecule has 4 atom stereocenters. The zero-order valence-corrected chi connectivity index (χ0v) is 13.1. The van der Waals surface area contributed by atoms with Crippen molar-refractivity contribution in [2.24, 2.45) is 5.92 Å². The number of hydrogen-bond donors (Lipinski definition) is 1. The molecular weight excluding hydrogens is 272 g/mol. The van der Waals surface area contributed by atoms with Crippen LogP contribution < -0.4 is 0 Å². The number of ether oxygens (including phenoxy) is 1. The van der Waals surface area contributed by atoms with E-state index in [2.05, 4.69) is 0 Å². The molecule has 0 spiro atoms. The molecule has 2 saturated heterocycles. The molecule has 2 fully saturated rings. The third-order valence-electron chi connectivity index (χ3n) is 4.40. The topological polar surface area (TPSA) is 70.1 Å². The first kappa shape index (κ1) is 16.2. The highest BCUT2D eigenvalue weighted by Crippen LogP contribution is 2.23. The number of amides is 1. The highest BCUT2D eigenvalue weighted by molar-refractivity contribution is 5.80. The summed E-state index contributed by atoms with van der Waals surface area (Å²) in [5.74, 6) is -0.720. The van der Waals surface area contributed by atoms with E-state index in [-0.39, 0.29) is 30.6 Å². The van der Waals surface area contributed by atoms with Gasteiger partial charge in [-0.15, -0.1) is 0 Å². The SMILES string of the molecule is CC1CN(C(=O)CN2CCCC(C)C2C(=O)O)CC(C)O1. The van der Waals surface area contributed by atoms with Crippen molar-refractivity contribution in [2.45, 2.75) is 51.9 Å². The first-order chi connectivity index (χ1) is 9.88. The number of carboxylic acids is 1. The summed E-state index contributed by atoms with van der Waals surface area (Å²) in [6, 6.07) is -0.543. The summed E-state index contributed by atoms with van der Waals surface area (Å²) in [6.07, 6.45) is 1.93. The Morgan fingerprint density at radius 2 is 1.81 bits per heavy atom. The van der Waals surface area contributed by atoms with Crippen molar-refractivity contribution in [1.82, 2.24) is 9.80 Å². The Bertz CT molecular complexity index is 391. The zero-order chi connectivity index (χ0) is 15.6. The van der Waals surface area contributed by atoms with Crippen LogP contribution in [-0.4, -0.2) is 71.2 Å². The average molecular weight is 298 g/mol. The fourth-order valence-electron chi connectivity index (χ4n) is 3.51. The number of carbonyl (C=O) groups excluding carboxylic acids is 1. The molecule has 0 aromatic carbocycles. The fraction of sp³-hybridized carbons (Fsp3) is 0.867. The number of hydrogen-bond acceptors (Lipinski definition) is 4. The van der Waals surface area contributed by atoms with Gasteiger partial charge in [-0.25, -0.2) is 0 Å². The number of aliphatic carboxylic acids is 1. The molecule has 120 valence electrons. The first-order valence-electron chi connectivity index (χ1n) is 7.78. The lowest BCUT2D eigenvalue weighted by molar-refractivity contribution is -0.151. The molecule has 0 radical (unpaired) electrons. The van der Waals surface area contributed by atoms with Crippen LogP contribution in [0.2, 0.25) is 0 Å². The lowest BCUT2D eigenvalue weighted by Gasteiger charge is -2.40. The highest BCUT2D eigenvalue weighted by atomic mass is 16.5. The van der Waals surface area contributed by atoms with Crippen LogP contribution >= 0.6 is 0 Å². The van der Waals surface area contributed by atoms with Gasteiger partial charge >= 0.3 is 5.97 Å². The second-order valence-electron chi connectivity index (χ2n) is 6.43. The van der Waals surface area contributed by atoms with E-state index >= 15 is 0 Å². The van der Waals surface area contributed by atoms with E-state index in [1.54, 1.807) is 4.90 Å². The van der Waals surface area contributed by atoms with Crippen molar-refractivity contribution in [2.75, 3.05) is 26.2 Å². The van der Waals surface area contributed by atoms with Crippen molar-refractivity contribution < 1.29 is 19.4 Å². The Kier molecular flexibility index (Phi) is 5.22. The van der Waals surface area contributed by atoms with Crippen LogP contribution in [0.1, 0.15) is 33.6 Å². The average Bonchev–Trinajstić information content (AvgIpc) is 2.37. The van der Waals surface area contributed by atoms with Crippen molar-refractivity contribution in [3.05, 3.63) is 0 Å². The highest BCUT2D eigenvalue weighted by Gasteiger charge is 2.36. The number of carboxylic acid groups (broad SMARTS) is 1. The normalized spacial score (nSPS) is 34.7. The monoisotopic (exact) mass is 298 g/mol. The third kappa shape index (κ3) is 3.95. The maximum atomic E-state index is 12.5. The number of piperidine rings is 1. The third-order valence-corrected chi connectivity index (χ3v) is 4.40. The largest absolute Gasteiger partial charge is 0.480 e. The van der Waals surface area contributed by atoms with Crippen molar-refractivity contribution >= 4 is 11.9 Å². The lowest BCUT2D eigenvalue weighted by Crippen LogP contribution is -2.55. The van der Waals surface area contributed by atoms with Crippen LogP contribution in [0.3, 0.4) is 0 Å². The molecule has 1 N–H and O–H groups in total. The molecule has 0 saturated carbocycles. The minimum absolute atomic E-state index is 0.0114. The van der Waals surface area contributed by atoms with Gasteiger partial charge in [-0.1, -0.05) is 6.92 Å². The summed E-state index contributed by atoms with van der Waals surface area (Å²) in [7, 11) is 0. The zero-order valence-electron chi connectivity index (χ0n) is 13.1. The van der Waals surface area contributed by atoms with Gasteiger partial charge in [-0.3, -0.25) is 14.5 Å². The van der Waals surface area contributed by atoms with Crippen LogP contribution in [0.4, 0.5) is 0 Å². The second-order valence-corrected chi connectivity index (χ2v) is 6.43. The van der Waals surface area contributed by atoms with Crippen LogP contribution in [-0.2, 0) is 14.3 Å². The molecule has 6 heteroatoms. The van der Waals surface area contributed by atoms with Gasteiger partial charge in [0.1, 0.15) is 6.04 Å². The van der Waals surface area contributed by atoms with Crippen molar-refractivity contribution in [3.63, 3.8) is 0 Å². The molecule has 2 aliphatic heterocycles. The predicted molar refractivity (Wildman–Crippen MR) is 78.0 cm³/mol. The lowest BCUT2D eigenvalue weighted by atomic mass is 9.91. The molecule has 4 unspecified atom stereocenters. The fourth-order valence-corrected chi connectivity index (χ4v) is 3.51. The second kappa shape index (κ2) is 6.75. The van der Waals surface area contributed by atoms with Gasteiger partial charge < -0.3 is 14.7 Å². The summed E-state index contributed by atoms with van der Waals surface area (Å²) in [6.45, 7) is 7.92. The number of rotatable bonds is 3. The minimum atomic E-state index is -0.821. The van der Waals surface area contributed by atoms with Gasteiger partial charge in [0.25, 0.3) is 0 Å². The van der Waals surface area contributed by atoms with E-state index in [1.165, 1.54) is 0 Å². The molecule has 2 aliphatic rings. The van der Waals surface area contributed by atoms with E-state index in [0.717, 1.165) is 12.8 Å². The van der Waals surface area contributed by atoms with E-state index in [0.29, 0.717) is 19.6 Å². The molecule has 6 nitrogen and oxygen atoms in total.